The summed E-state index contributed by atoms with van der Waals surface area (Å²) in [4.78, 5) is 25.9. The molecule has 1 aliphatic heterocycles. The number of hydrogen-bond acceptors (Lipinski definition) is 6. The maximum atomic E-state index is 12.0. The lowest BCUT2D eigenvalue weighted by Crippen LogP contribution is -2.39. The van der Waals surface area contributed by atoms with Crippen LogP contribution in [0.25, 0.3) is 0 Å². The first-order valence-electron chi connectivity index (χ1n) is 6.86. The zero-order valence-electron chi connectivity index (χ0n) is 11.5. The van der Waals surface area contributed by atoms with Crippen molar-refractivity contribution in [3.05, 3.63) is 5.28 Å². The lowest BCUT2D eigenvalue weighted by Gasteiger charge is -2.26. The molecule has 8 heteroatoms. The number of carbonyl (C=O) groups is 1. The summed E-state index contributed by atoms with van der Waals surface area (Å²) in [5.74, 6) is 0.776. The van der Waals surface area contributed by atoms with Crippen LogP contribution < -0.4 is 10.6 Å². The summed E-state index contributed by atoms with van der Waals surface area (Å²) in [5.41, 5.74) is 0. The summed E-state index contributed by atoms with van der Waals surface area (Å²) in [6, 6.07) is 0. The number of carbonyl (C=O) groups excluding carboxylic acids is 1. The first-order valence-corrected chi connectivity index (χ1v) is 7.24. The summed E-state index contributed by atoms with van der Waals surface area (Å²) < 4.78 is 0. The van der Waals surface area contributed by atoms with Crippen LogP contribution in [0.1, 0.15) is 26.2 Å². The van der Waals surface area contributed by atoms with Crippen LogP contribution in [0.4, 0.5) is 11.9 Å². The molecule has 1 aromatic heterocycles. The zero-order valence-corrected chi connectivity index (χ0v) is 12.3. The number of aromatic nitrogens is 3. The zero-order chi connectivity index (χ0) is 14.4. The summed E-state index contributed by atoms with van der Waals surface area (Å²) in [7, 11) is 0. The molecule has 2 heterocycles. The molecule has 0 bridgehead atoms. The average Bonchev–Trinajstić information content (AvgIpc) is 2.45. The number of anilines is 2. The number of likely N-dealkylation sites (tertiary alicyclic amines) is 1. The molecule has 1 fully saturated rings. The minimum Gasteiger partial charge on any atom is -0.354 e. The largest absolute Gasteiger partial charge is 0.354 e. The normalized spacial score (nSPS) is 15.0. The van der Waals surface area contributed by atoms with E-state index in [1.165, 1.54) is 6.42 Å². The van der Waals surface area contributed by atoms with Gasteiger partial charge in [-0.1, -0.05) is 0 Å². The molecule has 0 aromatic carbocycles. The van der Waals surface area contributed by atoms with Gasteiger partial charge >= 0.3 is 0 Å². The smallest absolute Gasteiger partial charge is 0.241 e. The van der Waals surface area contributed by atoms with E-state index < -0.39 is 0 Å². The third kappa shape index (κ3) is 4.19. The molecule has 7 nitrogen and oxygen atoms in total. The number of piperidine rings is 1. The molecule has 0 aliphatic carbocycles. The van der Waals surface area contributed by atoms with Crippen molar-refractivity contribution in [2.45, 2.75) is 26.2 Å². The van der Waals surface area contributed by atoms with Crippen LogP contribution in [0.2, 0.25) is 5.28 Å². The van der Waals surface area contributed by atoms with E-state index in [1.807, 2.05) is 11.8 Å². The molecule has 0 atom stereocenters. The lowest BCUT2D eigenvalue weighted by atomic mass is 10.1. The van der Waals surface area contributed by atoms with Crippen LogP contribution in [0, 0.1) is 0 Å². The molecule has 2 rings (SSSR count). The SMILES string of the molecule is CCNc1nc(Cl)nc(NCC(=O)N2CCCCC2)n1. The van der Waals surface area contributed by atoms with Gasteiger partial charge in [0.15, 0.2) is 0 Å². The molecule has 1 saturated heterocycles. The van der Waals surface area contributed by atoms with E-state index in [0.717, 1.165) is 25.9 Å². The average molecular weight is 299 g/mol. The van der Waals surface area contributed by atoms with Crippen LogP contribution in [-0.4, -0.2) is 51.9 Å². The molecule has 0 radical (unpaired) electrons. The van der Waals surface area contributed by atoms with Crippen LogP contribution >= 0.6 is 11.6 Å². The summed E-state index contributed by atoms with van der Waals surface area (Å²) in [6.45, 7) is 4.46. The van der Waals surface area contributed by atoms with Crippen LogP contribution in [0.15, 0.2) is 0 Å². The Hall–Kier alpha value is -1.63. The fourth-order valence-corrected chi connectivity index (χ4v) is 2.24. The van der Waals surface area contributed by atoms with Crippen LogP contribution in [0.3, 0.4) is 0 Å². The summed E-state index contributed by atoms with van der Waals surface area (Å²) in [5, 5.41) is 5.96. The predicted molar refractivity (Wildman–Crippen MR) is 77.9 cm³/mol. The molecular weight excluding hydrogens is 280 g/mol. The Morgan fingerprint density at radius 1 is 1.15 bits per heavy atom. The Balaban J connectivity index is 1.90. The molecule has 110 valence electrons. The van der Waals surface area contributed by atoms with E-state index in [9.17, 15) is 4.79 Å². The molecule has 1 aromatic rings. The number of nitrogens with one attached hydrogen (secondary N) is 2. The van der Waals surface area contributed by atoms with E-state index >= 15 is 0 Å². The van der Waals surface area contributed by atoms with Gasteiger partial charge < -0.3 is 15.5 Å². The van der Waals surface area contributed by atoms with Crippen molar-refractivity contribution >= 4 is 29.4 Å². The first kappa shape index (κ1) is 14.8. The maximum Gasteiger partial charge on any atom is 0.241 e. The molecular formula is C12H19ClN6O. The van der Waals surface area contributed by atoms with Crippen molar-refractivity contribution < 1.29 is 4.79 Å². The Kier molecular flexibility index (Phi) is 5.34. The van der Waals surface area contributed by atoms with Crippen molar-refractivity contribution in [1.29, 1.82) is 0 Å². The maximum absolute atomic E-state index is 12.0. The van der Waals surface area contributed by atoms with Gasteiger partial charge in [-0.15, -0.1) is 0 Å². The van der Waals surface area contributed by atoms with Crippen molar-refractivity contribution in [3.8, 4) is 0 Å². The molecule has 1 aliphatic rings. The van der Waals surface area contributed by atoms with Crippen LogP contribution in [-0.2, 0) is 4.79 Å². The first-order chi connectivity index (χ1) is 9.69. The number of halogens is 1. The molecule has 20 heavy (non-hydrogen) atoms. The second-order valence-electron chi connectivity index (χ2n) is 4.58. The third-order valence-corrected chi connectivity index (χ3v) is 3.22. The number of rotatable bonds is 5. The number of hydrogen-bond donors (Lipinski definition) is 2. The Morgan fingerprint density at radius 2 is 1.80 bits per heavy atom. The predicted octanol–water partition coefficient (Wildman–Crippen LogP) is 1.38. The monoisotopic (exact) mass is 298 g/mol. The van der Waals surface area contributed by atoms with Gasteiger partial charge in [0.2, 0.25) is 23.1 Å². The van der Waals surface area contributed by atoms with Gasteiger partial charge in [0.1, 0.15) is 0 Å². The highest BCUT2D eigenvalue weighted by Crippen LogP contribution is 2.11. The summed E-state index contributed by atoms with van der Waals surface area (Å²) >= 11 is 5.81. The van der Waals surface area contributed by atoms with E-state index in [4.69, 9.17) is 11.6 Å². The highest BCUT2D eigenvalue weighted by Gasteiger charge is 2.16. The Morgan fingerprint density at radius 3 is 2.45 bits per heavy atom. The molecule has 0 unspecified atom stereocenters. The second kappa shape index (κ2) is 7.23. The lowest BCUT2D eigenvalue weighted by molar-refractivity contribution is -0.130. The second-order valence-corrected chi connectivity index (χ2v) is 4.92. The topological polar surface area (TPSA) is 83.0 Å². The summed E-state index contributed by atoms with van der Waals surface area (Å²) in [6.07, 6.45) is 3.36. The highest BCUT2D eigenvalue weighted by molar-refractivity contribution is 6.28. The van der Waals surface area contributed by atoms with Gasteiger partial charge in [-0.2, -0.15) is 15.0 Å². The molecule has 0 spiro atoms. The van der Waals surface area contributed by atoms with Crippen molar-refractivity contribution in [2.24, 2.45) is 0 Å². The third-order valence-electron chi connectivity index (χ3n) is 3.05. The van der Waals surface area contributed by atoms with E-state index in [-0.39, 0.29) is 17.7 Å². The van der Waals surface area contributed by atoms with E-state index in [1.54, 1.807) is 0 Å². The fraction of sp³-hybridized carbons (Fsp3) is 0.667. The standard InChI is InChI=1S/C12H19ClN6O/c1-2-14-11-16-10(13)17-12(18-11)15-8-9(20)19-6-4-3-5-7-19/h2-8H2,1H3,(H2,14,15,16,17,18). The Labute approximate surface area is 123 Å². The van der Waals surface area contributed by atoms with Crippen molar-refractivity contribution in [1.82, 2.24) is 19.9 Å². The van der Waals surface area contributed by atoms with Crippen molar-refractivity contribution in [3.63, 3.8) is 0 Å². The Bertz CT molecular complexity index is 463. The van der Waals surface area contributed by atoms with Crippen LogP contribution in [0.5, 0.6) is 0 Å². The van der Waals surface area contributed by atoms with Crippen molar-refractivity contribution in [2.75, 3.05) is 36.8 Å². The number of amides is 1. The fourth-order valence-electron chi connectivity index (χ4n) is 2.08. The van der Waals surface area contributed by atoms with Gasteiger partial charge in [-0.3, -0.25) is 4.79 Å². The minimum atomic E-state index is 0.0613. The minimum absolute atomic E-state index is 0.0613. The van der Waals surface area contributed by atoms with Gasteiger partial charge in [0.05, 0.1) is 6.54 Å². The quantitative estimate of drug-likeness (QED) is 0.854. The highest BCUT2D eigenvalue weighted by atomic mass is 35.5. The van der Waals surface area contributed by atoms with E-state index in [0.29, 0.717) is 18.4 Å². The van der Waals surface area contributed by atoms with Gasteiger partial charge in [0.25, 0.3) is 0 Å². The van der Waals surface area contributed by atoms with Gasteiger partial charge in [-0.05, 0) is 37.8 Å². The van der Waals surface area contributed by atoms with E-state index in [2.05, 4.69) is 25.6 Å². The van der Waals surface area contributed by atoms with Gasteiger partial charge in [0, 0.05) is 19.6 Å². The molecule has 0 saturated carbocycles. The molecule has 1 amide bonds. The van der Waals surface area contributed by atoms with Gasteiger partial charge in [-0.25, -0.2) is 0 Å². The number of nitrogens with zero attached hydrogens (tertiary/aromatic N) is 4. The molecule has 2 N–H and O–H groups in total.